The molecule has 1 fully saturated rings. The largest absolute Gasteiger partial charge is 0.490 e. The maximum absolute atomic E-state index is 6.12. The third-order valence-electron chi connectivity index (χ3n) is 9.99. The fraction of sp³-hybridized carbons (Fsp3) is 0.391. The van der Waals surface area contributed by atoms with Crippen molar-refractivity contribution in [1.29, 1.82) is 0 Å². The van der Waals surface area contributed by atoms with E-state index in [0.29, 0.717) is 6.04 Å². The highest BCUT2D eigenvalue weighted by molar-refractivity contribution is 5.86. The molecule has 0 spiro atoms. The summed E-state index contributed by atoms with van der Waals surface area (Å²) in [5.74, 6) is 1.96. The van der Waals surface area contributed by atoms with Gasteiger partial charge in [-0.1, -0.05) is 17.7 Å². The van der Waals surface area contributed by atoms with E-state index >= 15 is 0 Å². The van der Waals surface area contributed by atoms with Crippen molar-refractivity contribution in [2.75, 3.05) is 18.0 Å². The molecule has 9 heteroatoms. The maximum Gasteiger partial charge on any atom is 0.125 e. The number of hydrogen-bond donors (Lipinski definition) is 0. The van der Waals surface area contributed by atoms with Crippen LogP contribution >= 0.6 is 37.2 Å². The monoisotopic (exact) mass is 804 g/mol. The lowest BCUT2D eigenvalue weighted by atomic mass is 9.99. The highest BCUT2D eigenvalue weighted by Crippen LogP contribution is 2.33. The van der Waals surface area contributed by atoms with Gasteiger partial charge in [-0.3, -0.25) is 14.9 Å². The Morgan fingerprint density at radius 1 is 0.618 bits per heavy atom. The lowest BCUT2D eigenvalue weighted by Crippen LogP contribution is -2.44. The highest BCUT2D eigenvalue weighted by Gasteiger charge is 2.26. The number of likely N-dealkylation sites (tertiary alicyclic amines) is 1. The van der Waals surface area contributed by atoms with Gasteiger partial charge in [0.1, 0.15) is 11.5 Å². The van der Waals surface area contributed by atoms with Crippen LogP contribution in [0, 0.1) is 34.6 Å². The van der Waals surface area contributed by atoms with Crippen LogP contribution in [-0.4, -0.2) is 46.2 Å². The number of hydrogen-bond acceptors (Lipinski definition) is 6. The second-order valence-electron chi connectivity index (χ2n) is 15.3. The maximum atomic E-state index is 6.12. The van der Waals surface area contributed by atoms with Gasteiger partial charge >= 0.3 is 0 Å². The van der Waals surface area contributed by atoms with Crippen molar-refractivity contribution in [3.8, 4) is 34.0 Å². The zero-order valence-electron chi connectivity index (χ0n) is 33.9. The first-order chi connectivity index (χ1) is 24.9. The Bertz CT molecular complexity index is 1950. The summed E-state index contributed by atoms with van der Waals surface area (Å²) >= 11 is 0. The Morgan fingerprint density at radius 3 is 1.51 bits per heavy atom. The Hall–Kier alpha value is -3.81. The first-order valence-electron chi connectivity index (χ1n) is 19.0. The summed E-state index contributed by atoms with van der Waals surface area (Å²) in [5, 5.41) is 0. The minimum atomic E-state index is 0. The van der Waals surface area contributed by atoms with E-state index in [0.717, 1.165) is 95.3 Å². The number of benzene rings is 3. The molecule has 0 amide bonds. The second kappa shape index (κ2) is 20.4. The van der Waals surface area contributed by atoms with E-state index in [9.17, 15) is 0 Å². The van der Waals surface area contributed by atoms with Gasteiger partial charge in [0.2, 0.25) is 0 Å². The molecule has 6 rings (SSSR count). The number of aryl methyl sites for hydroxylation is 5. The molecule has 1 aliphatic heterocycles. The number of aromatic nitrogens is 2. The molecule has 6 nitrogen and oxygen atoms in total. The lowest BCUT2D eigenvalue weighted by Gasteiger charge is -2.40. The number of ether oxygens (including phenoxy) is 2. The molecule has 0 saturated carbocycles. The van der Waals surface area contributed by atoms with Crippen LogP contribution in [0.3, 0.4) is 0 Å². The summed E-state index contributed by atoms with van der Waals surface area (Å²) in [6.07, 6.45) is 6.42. The third kappa shape index (κ3) is 11.6. The first-order valence-corrected chi connectivity index (χ1v) is 19.0. The minimum absolute atomic E-state index is 0. The molecule has 296 valence electrons. The Kier molecular flexibility index (Phi) is 16.9. The van der Waals surface area contributed by atoms with Crippen LogP contribution in [-0.2, 0) is 13.1 Å². The van der Waals surface area contributed by atoms with E-state index in [-0.39, 0.29) is 49.4 Å². The second-order valence-corrected chi connectivity index (χ2v) is 15.3. The molecule has 0 aliphatic carbocycles. The fourth-order valence-electron chi connectivity index (χ4n) is 7.51. The summed E-state index contributed by atoms with van der Waals surface area (Å²) < 4.78 is 12.2. The summed E-state index contributed by atoms with van der Waals surface area (Å²) in [4.78, 5) is 14.8. The number of anilines is 1. The molecule has 1 saturated heterocycles. The van der Waals surface area contributed by atoms with Gasteiger partial charge in [0.05, 0.1) is 23.6 Å². The molecular formula is C46H59Cl3N4O2. The molecule has 0 atom stereocenters. The molecule has 0 N–H and O–H groups in total. The van der Waals surface area contributed by atoms with Crippen molar-refractivity contribution >= 4 is 42.9 Å². The summed E-state index contributed by atoms with van der Waals surface area (Å²) in [6.45, 7) is 22.8. The van der Waals surface area contributed by atoms with Gasteiger partial charge in [0, 0.05) is 61.4 Å². The van der Waals surface area contributed by atoms with E-state index < -0.39 is 0 Å². The van der Waals surface area contributed by atoms with Crippen LogP contribution in [0.4, 0.5) is 5.69 Å². The van der Waals surface area contributed by atoms with Crippen LogP contribution in [0.5, 0.6) is 11.5 Å². The molecule has 0 bridgehead atoms. The van der Waals surface area contributed by atoms with Crippen LogP contribution in [0.1, 0.15) is 79.5 Å². The quantitative estimate of drug-likeness (QED) is 0.125. The third-order valence-corrected chi connectivity index (χ3v) is 9.99. The summed E-state index contributed by atoms with van der Waals surface area (Å²) in [6, 6.07) is 27.2. The molecule has 2 aromatic heterocycles. The van der Waals surface area contributed by atoms with Crippen molar-refractivity contribution in [3.63, 3.8) is 0 Å². The van der Waals surface area contributed by atoms with E-state index in [1.54, 1.807) is 0 Å². The van der Waals surface area contributed by atoms with Gasteiger partial charge in [-0.2, -0.15) is 0 Å². The SMILES string of the molecule is Cc1ccc(N(Cc2ccnc(-c3cc(C)c(OC(C)C)c(C)c3)c2)C2CCN(Cc3ccnc(-c4cc(C)c(OC(C)C)c(C)c4)c3)CC2)cc1.Cl.Cl.Cl. The van der Waals surface area contributed by atoms with Gasteiger partial charge in [-0.25, -0.2) is 0 Å². The van der Waals surface area contributed by atoms with E-state index in [2.05, 4.69) is 145 Å². The summed E-state index contributed by atoms with van der Waals surface area (Å²) in [5.41, 5.74) is 14.0. The predicted octanol–water partition coefficient (Wildman–Crippen LogP) is 11.9. The zero-order chi connectivity index (χ0) is 36.9. The average Bonchev–Trinajstić information content (AvgIpc) is 3.11. The Morgan fingerprint density at radius 2 is 1.05 bits per heavy atom. The predicted molar refractivity (Wildman–Crippen MR) is 237 cm³/mol. The molecule has 0 unspecified atom stereocenters. The molecule has 1 aliphatic rings. The van der Waals surface area contributed by atoms with Gasteiger partial charge in [0.15, 0.2) is 0 Å². The lowest BCUT2D eigenvalue weighted by molar-refractivity contribution is 0.201. The summed E-state index contributed by atoms with van der Waals surface area (Å²) in [7, 11) is 0. The zero-order valence-corrected chi connectivity index (χ0v) is 36.3. The Labute approximate surface area is 348 Å². The molecule has 3 heterocycles. The van der Waals surface area contributed by atoms with Crippen molar-refractivity contribution in [2.45, 2.75) is 106 Å². The molecule has 0 radical (unpaired) electrons. The van der Waals surface area contributed by atoms with Gasteiger partial charge < -0.3 is 14.4 Å². The highest BCUT2D eigenvalue weighted by atomic mass is 35.5. The molecule has 5 aromatic rings. The topological polar surface area (TPSA) is 50.7 Å². The number of rotatable bonds is 12. The van der Waals surface area contributed by atoms with Crippen LogP contribution in [0.25, 0.3) is 22.5 Å². The van der Waals surface area contributed by atoms with Gasteiger partial charge in [-0.15, -0.1) is 37.2 Å². The average molecular weight is 806 g/mol. The minimum Gasteiger partial charge on any atom is -0.490 e. The number of nitrogens with zero attached hydrogens (tertiary/aromatic N) is 4. The van der Waals surface area contributed by atoms with Crippen LogP contribution < -0.4 is 14.4 Å². The van der Waals surface area contributed by atoms with Crippen molar-refractivity contribution in [3.05, 3.63) is 124 Å². The van der Waals surface area contributed by atoms with Gasteiger partial charge in [0.25, 0.3) is 0 Å². The normalized spacial score (nSPS) is 13.1. The smallest absolute Gasteiger partial charge is 0.125 e. The van der Waals surface area contributed by atoms with Crippen molar-refractivity contribution < 1.29 is 9.47 Å². The van der Waals surface area contributed by atoms with Crippen molar-refractivity contribution in [1.82, 2.24) is 14.9 Å². The Balaban J connectivity index is 0.00000271. The van der Waals surface area contributed by atoms with Crippen LogP contribution in [0.15, 0.2) is 85.2 Å². The molecule has 3 aromatic carbocycles. The molecular weight excluding hydrogens is 747 g/mol. The number of pyridine rings is 2. The standard InChI is InChI=1S/C46H56N4O2.3ClH/c1-30(2)51-45-33(6)22-39(23-34(45)7)43-26-37(14-18-47-43)28-49-20-16-42(17-21-49)50(41-12-10-32(5)11-13-41)29-38-15-19-48-44(27-38)40-24-35(8)46(36(9)25-40)52-31(3)4;;;/h10-15,18-19,22-27,30-31,42H,16-17,20-21,28-29H2,1-9H3;3*1H. The number of halogens is 3. The van der Waals surface area contributed by atoms with E-state index in [4.69, 9.17) is 19.4 Å². The number of piperidine rings is 1. The van der Waals surface area contributed by atoms with Gasteiger partial charge in [-0.05, 0) is 169 Å². The fourth-order valence-corrected chi connectivity index (χ4v) is 7.51. The van der Waals surface area contributed by atoms with Crippen molar-refractivity contribution in [2.24, 2.45) is 0 Å². The first kappa shape index (κ1) is 45.6. The molecule has 55 heavy (non-hydrogen) atoms. The van der Waals surface area contributed by atoms with E-state index in [1.165, 1.54) is 22.4 Å². The van der Waals surface area contributed by atoms with Crippen LogP contribution in [0.2, 0.25) is 0 Å². The van der Waals surface area contributed by atoms with E-state index in [1.807, 2.05) is 12.4 Å².